The van der Waals surface area contributed by atoms with E-state index in [2.05, 4.69) is 26.5 Å². The zero-order valence-corrected chi connectivity index (χ0v) is 22.0. The third-order valence-electron chi connectivity index (χ3n) is 11.2. The van der Waals surface area contributed by atoms with E-state index >= 15 is 0 Å². The zero-order chi connectivity index (χ0) is 21.7. The van der Waals surface area contributed by atoms with Gasteiger partial charge in [-0.2, -0.15) is 12.6 Å². The average Bonchev–Trinajstić information content (AvgIpc) is 2.75. The van der Waals surface area contributed by atoms with Gasteiger partial charge in [-0.1, -0.05) is 104 Å². The maximum absolute atomic E-state index is 4.57. The molecule has 4 fully saturated rings. The summed E-state index contributed by atoms with van der Waals surface area (Å²) in [4.78, 5) is 0. The van der Waals surface area contributed by atoms with Crippen LogP contribution in [-0.2, 0) is 0 Å². The fraction of sp³-hybridized carbons (Fsp3) is 1.00. The molecule has 0 nitrogen and oxygen atoms in total. The first-order valence-electron chi connectivity index (χ1n) is 14.7. The Labute approximate surface area is 200 Å². The van der Waals surface area contributed by atoms with E-state index in [1.807, 2.05) is 0 Å². The van der Waals surface area contributed by atoms with Gasteiger partial charge in [0.05, 0.1) is 0 Å². The van der Waals surface area contributed by atoms with E-state index in [1.54, 1.807) is 57.8 Å². The smallest absolute Gasteiger partial charge is 0.00953 e. The molecule has 4 aliphatic rings. The fourth-order valence-electron chi connectivity index (χ4n) is 8.64. The molecule has 1 heteroatoms. The van der Waals surface area contributed by atoms with Gasteiger partial charge in [0.15, 0.2) is 0 Å². The molecule has 0 radical (unpaired) electrons. The van der Waals surface area contributed by atoms with Crippen molar-refractivity contribution in [3.05, 3.63) is 0 Å². The van der Waals surface area contributed by atoms with Crippen molar-refractivity contribution >= 4 is 12.6 Å². The lowest BCUT2D eigenvalue weighted by molar-refractivity contribution is -0.0439. The summed E-state index contributed by atoms with van der Waals surface area (Å²) in [5.74, 6) is 8.40. The van der Waals surface area contributed by atoms with Gasteiger partial charge in [0.1, 0.15) is 0 Å². The third kappa shape index (κ3) is 6.08. The largest absolute Gasteiger partial charge is 0.179 e. The topological polar surface area (TPSA) is 0 Å². The summed E-state index contributed by atoms with van der Waals surface area (Å²) in [7, 11) is 0. The highest BCUT2D eigenvalue weighted by Crippen LogP contribution is 2.57. The van der Waals surface area contributed by atoms with Crippen molar-refractivity contribution in [2.75, 3.05) is 5.75 Å². The molecule has 180 valence electrons. The van der Waals surface area contributed by atoms with Crippen LogP contribution in [0.3, 0.4) is 0 Å². The van der Waals surface area contributed by atoms with Gasteiger partial charge in [-0.15, -0.1) is 0 Å². The number of thiol groups is 1. The Balaban J connectivity index is 1.33. The van der Waals surface area contributed by atoms with Crippen molar-refractivity contribution < 1.29 is 0 Å². The van der Waals surface area contributed by atoms with Gasteiger partial charge in [0.25, 0.3) is 0 Å². The highest BCUT2D eigenvalue weighted by molar-refractivity contribution is 7.80. The van der Waals surface area contributed by atoms with Crippen LogP contribution in [-0.4, -0.2) is 5.75 Å². The Morgan fingerprint density at radius 2 is 1.19 bits per heavy atom. The maximum Gasteiger partial charge on any atom is -0.00953 e. The van der Waals surface area contributed by atoms with Gasteiger partial charge in [0, 0.05) is 0 Å². The predicted molar refractivity (Wildman–Crippen MR) is 140 cm³/mol. The second-order valence-corrected chi connectivity index (χ2v) is 13.5. The molecule has 4 rings (SSSR count). The molecule has 4 atom stereocenters. The van der Waals surface area contributed by atoms with E-state index in [-0.39, 0.29) is 0 Å². The maximum atomic E-state index is 4.57. The van der Waals surface area contributed by atoms with E-state index < -0.39 is 0 Å². The molecular formula is C30H54S. The van der Waals surface area contributed by atoms with E-state index in [1.165, 1.54) is 64.2 Å². The minimum atomic E-state index is 0.565. The minimum Gasteiger partial charge on any atom is -0.179 e. The van der Waals surface area contributed by atoms with Gasteiger partial charge in [0.2, 0.25) is 0 Å². The van der Waals surface area contributed by atoms with Crippen molar-refractivity contribution in [2.45, 2.75) is 136 Å². The fourth-order valence-corrected chi connectivity index (χ4v) is 9.01. The Kier molecular flexibility index (Phi) is 9.21. The monoisotopic (exact) mass is 446 g/mol. The summed E-state index contributed by atoms with van der Waals surface area (Å²) >= 11 is 4.57. The molecule has 4 unspecified atom stereocenters. The molecular weight excluding hydrogens is 392 g/mol. The van der Waals surface area contributed by atoms with Crippen molar-refractivity contribution in [2.24, 2.45) is 46.8 Å². The second-order valence-electron chi connectivity index (χ2n) is 13.0. The molecule has 4 saturated carbocycles. The van der Waals surface area contributed by atoms with Crippen LogP contribution in [0.5, 0.6) is 0 Å². The highest BCUT2D eigenvalue weighted by atomic mass is 32.1. The third-order valence-corrected chi connectivity index (χ3v) is 11.4. The lowest BCUT2D eigenvalue weighted by Crippen LogP contribution is -2.45. The predicted octanol–water partition coefficient (Wildman–Crippen LogP) is 9.72. The Morgan fingerprint density at radius 1 is 0.581 bits per heavy atom. The Morgan fingerprint density at radius 3 is 1.77 bits per heavy atom. The summed E-state index contributed by atoms with van der Waals surface area (Å²) in [5, 5.41) is 0. The SMILES string of the molecule is CC(C)(C1CCCCCC(CCS)CC1)C1CCC1C1CCCC(C2CCC2)CCC1. The molecule has 4 aliphatic carbocycles. The van der Waals surface area contributed by atoms with E-state index in [9.17, 15) is 0 Å². The van der Waals surface area contributed by atoms with Crippen molar-refractivity contribution in [3.8, 4) is 0 Å². The normalized spacial score (nSPS) is 39.2. The van der Waals surface area contributed by atoms with Crippen molar-refractivity contribution in [1.29, 1.82) is 0 Å². The van der Waals surface area contributed by atoms with Crippen molar-refractivity contribution in [1.82, 2.24) is 0 Å². The molecule has 0 aliphatic heterocycles. The first-order chi connectivity index (χ1) is 15.1. The zero-order valence-electron chi connectivity index (χ0n) is 21.1. The molecule has 0 saturated heterocycles. The van der Waals surface area contributed by atoms with Crippen LogP contribution in [0.4, 0.5) is 0 Å². The Hall–Kier alpha value is 0.350. The van der Waals surface area contributed by atoms with Gasteiger partial charge in [-0.25, -0.2) is 0 Å². The molecule has 31 heavy (non-hydrogen) atoms. The standard InChI is InChI=1S/C30H54S/c1-30(2,27-16-5-3-4-9-23(17-18-27)21-22-31)29-20-19-28(29)26-14-7-12-25(13-8-15-26)24-10-6-11-24/h23-29,31H,3-22H2,1-2H3. The molecule has 0 aromatic rings. The summed E-state index contributed by atoms with van der Waals surface area (Å²) in [6.45, 7) is 5.41. The second kappa shape index (κ2) is 11.7. The van der Waals surface area contributed by atoms with E-state index in [4.69, 9.17) is 0 Å². The number of rotatable bonds is 6. The van der Waals surface area contributed by atoms with Crippen LogP contribution in [0.1, 0.15) is 136 Å². The lowest BCUT2D eigenvalue weighted by atomic mass is 9.51. The van der Waals surface area contributed by atoms with Crippen LogP contribution in [0.15, 0.2) is 0 Å². The van der Waals surface area contributed by atoms with E-state index in [0.29, 0.717) is 5.41 Å². The Bertz CT molecular complexity index is 511. The average molecular weight is 447 g/mol. The van der Waals surface area contributed by atoms with E-state index in [0.717, 1.165) is 47.2 Å². The van der Waals surface area contributed by atoms with Crippen LogP contribution >= 0.6 is 12.6 Å². The van der Waals surface area contributed by atoms with Gasteiger partial charge in [-0.05, 0) is 84.7 Å². The molecule has 0 bridgehead atoms. The van der Waals surface area contributed by atoms with Crippen LogP contribution in [0.2, 0.25) is 0 Å². The number of hydrogen-bond donors (Lipinski definition) is 1. The summed E-state index contributed by atoms with van der Waals surface area (Å²) in [6, 6.07) is 0. The van der Waals surface area contributed by atoms with Crippen molar-refractivity contribution in [3.63, 3.8) is 0 Å². The van der Waals surface area contributed by atoms with Gasteiger partial charge >= 0.3 is 0 Å². The van der Waals surface area contributed by atoms with Crippen LogP contribution in [0, 0.1) is 46.8 Å². The molecule has 0 aromatic carbocycles. The van der Waals surface area contributed by atoms with Crippen LogP contribution in [0.25, 0.3) is 0 Å². The first-order valence-corrected chi connectivity index (χ1v) is 15.3. The minimum absolute atomic E-state index is 0.565. The first kappa shape index (κ1) is 24.5. The molecule has 0 aromatic heterocycles. The quantitative estimate of drug-likeness (QED) is 0.386. The molecule has 0 N–H and O–H groups in total. The lowest BCUT2D eigenvalue weighted by Gasteiger charge is -2.54. The molecule has 0 heterocycles. The van der Waals surface area contributed by atoms with Crippen LogP contribution < -0.4 is 0 Å². The highest BCUT2D eigenvalue weighted by Gasteiger charge is 2.48. The van der Waals surface area contributed by atoms with Gasteiger partial charge < -0.3 is 0 Å². The van der Waals surface area contributed by atoms with Gasteiger partial charge in [-0.3, -0.25) is 0 Å². The number of hydrogen-bond acceptors (Lipinski definition) is 1. The molecule has 0 spiro atoms. The summed E-state index contributed by atoms with van der Waals surface area (Å²) in [5.41, 5.74) is 0.565. The summed E-state index contributed by atoms with van der Waals surface area (Å²) in [6.07, 6.45) is 28.9. The summed E-state index contributed by atoms with van der Waals surface area (Å²) < 4.78 is 0. The molecule has 0 amide bonds.